The van der Waals surface area contributed by atoms with Gasteiger partial charge in [0.05, 0.1) is 24.5 Å². The molecule has 0 atom stereocenters. The average molecular weight is 224 g/mol. The fraction of sp³-hybridized carbons (Fsp3) is 0.600. The van der Waals surface area contributed by atoms with E-state index >= 15 is 0 Å². The van der Waals surface area contributed by atoms with Crippen LogP contribution in [0.25, 0.3) is 0 Å². The van der Waals surface area contributed by atoms with Crippen LogP contribution >= 0.6 is 0 Å². The lowest BCUT2D eigenvalue weighted by Gasteiger charge is -2.03. The van der Waals surface area contributed by atoms with Crippen molar-refractivity contribution in [1.82, 2.24) is 0 Å². The highest BCUT2D eigenvalue weighted by Crippen LogP contribution is 1.88. The Kier molecular flexibility index (Phi) is 6.74. The van der Waals surface area contributed by atoms with E-state index in [0.717, 1.165) is 0 Å². The lowest BCUT2D eigenvalue weighted by molar-refractivity contribution is 0.977. The van der Waals surface area contributed by atoms with Gasteiger partial charge in [0, 0.05) is 11.4 Å². The Morgan fingerprint density at radius 2 is 1.00 bits per heavy atom. The van der Waals surface area contributed by atoms with Gasteiger partial charge >= 0.3 is 0 Å². The topological polar surface area (TPSA) is 95.6 Å². The van der Waals surface area contributed by atoms with Gasteiger partial charge in [0.2, 0.25) is 0 Å². The third kappa shape index (κ3) is 5.23. The van der Waals surface area contributed by atoms with E-state index in [0.29, 0.717) is 35.9 Å². The molecule has 0 aliphatic carbocycles. The van der Waals surface area contributed by atoms with Crippen molar-refractivity contribution in [2.75, 3.05) is 13.1 Å². The molecule has 0 N–H and O–H groups in total. The molecule has 0 aromatic rings. The summed E-state index contributed by atoms with van der Waals surface area (Å²) in [5.41, 5.74) is 1.96. The van der Waals surface area contributed by atoms with Crippen molar-refractivity contribution in [1.29, 1.82) is 0 Å². The quantitative estimate of drug-likeness (QED) is 0.404. The molecule has 16 heavy (non-hydrogen) atoms. The Morgan fingerprint density at radius 1 is 0.688 bits per heavy atom. The first-order valence-electron chi connectivity index (χ1n) is 4.89. The molecule has 0 bridgehead atoms. The van der Waals surface area contributed by atoms with Crippen LogP contribution < -0.4 is 0 Å². The summed E-state index contributed by atoms with van der Waals surface area (Å²) in [4.78, 5) is 8.23. The molecular weight excluding hydrogens is 208 g/mol. The molecule has 0 spiro atoms. The largest absolute Gasteiger partial charge is 0.792 e. The summed E-state index contributed by atoms with van der Waals surface area (Å²) in [6.45, 7) is 7.57. The van der Waals surface area contributed by atoms with E-state index in [-0.39, 0.29) is 0 Å². The van der Waals surface area contributed by atoms with Crippen molar-refractivity contribution in [3.05, 3.63) is 10.4 Å². The van der Waals surface area contributed by atoms with E-state index in [2.05, 4.69) is 20.3 Å². The molecule has 0 aliphatic rings. The molecule has 6 heteroatoms. The summed E-state index contributed by atoms with van der Waals surface area (Å²) < 4.78 is 0. The van der Waals surface area contributed by atoms with Crippen molar-refractivity contribution in [2.45, 2.75) is 27.7 Å². The van der Waals surface area contributed by atoms with Gasteiger partial charge in [-0.15, -0.1) is 0 Å². The number of aliphatic imine (C=N–C) groups is 2. The van der Waals surface area contributed by atoms with Gasteiger partial charge in [0.15, 0.2) is 0 Å². The first-order chi connectivity index (χ1) is 7.52. The standard InChI is InChI=1S/C10H18N4O2/c1-7(9(3)13-15)11-5-6-12-8(2)10(4)14-16/h15-16H,5-6H2,1-4H3/p-2/b11-7?,12-8?,13-9-,14-10+. The average Bonchev–Trinajstić information content (AvgIpc) is 2.31. The van der Waals surface area contributed by atoms with E-state index in [1.165, 1.54) is 0 Å². The molecular formula is C10H16N4O2-2. The summed E-state index contributed by atoms with van der Waals surface area (Å²) in [5.74, 6) is 0. The predicted molar refractivity (Wildman–Crippen MR) is 68.9 cm³/mol. The van der Waals surface area contributed by atoms with Crippen molar-refractivity contribution >= 4 is 22.8 Å². The maximum absolute atomic E-state index is 10.2. The highest BCUT2D eigenvalue weighted by Gasteiger charge is 1.94. The second kappa shape index (κ2) is 7.56. The van der Waals surface area contributed by atoms with Crippen LogP contribution in [-0.4, -0.2) is 35.9 Å². The molecule has 0 aromatic heterocycles. The summed E-state index contributed by atoms with van der Waals surface area (Å²) in [6, 6.07) is 0. The van der Waals surface area contributed by atoms with Gasteiger partial charge in [-0.1, -0.05) is 0 Å². The van der Waals surface area contributed by atoms with Crippen molar-refractivity contribution in [2.24, 2.45) is 20.3 Å². The summed E-state index contributed by atoms with van der Waals surface area (Å²) in [6.07, 6.45) is 0. The molecule has 0 saturated carbocycles. The minimum Gasteiger partial charge on any atom is -0.792 e. The monoisotopic (exact) mass is 224 g/mol. The van der Waals surface area contributed by atoms with Crippen LogP contribution in [0.5, 0.6) is 0 Å². The summed E-state index contributed by atoms with van der Waals surface area (Å²) in [7, 11) is 0. The summed E-state index contributed by atoms with van der Waals surface area (Å²) in [5, 5.41) is 25.9. The Balaban J connectivity index is 4.20. The molecule has 0 heterocycles. The Bertz CT molecular complexity index is 309. The Hall–Kier alpha value is -1.72. The fourth-order valence-electron chi connectivity index (χ4n) is 0.796. The molecule has 0 amide bonds. The third-order valence-electron chi connectivity index (χ3n) is 2.12. The van der Waals surface area contributed by atoms with Crippen molar-refractivity contribution < 1.29 is 0 Å². The first kappa shape index (κ1) is 14.3. The number of nitrogens with zero attached hydrogens (tertiary/aromatic N) is 4. The van der Waals surface area contributed by atoms with Crippen LogP contribution in [0.15, 0.2) is 20.3 Å². The van der Waals surface area contributed by atoms with Crippen molar-refractivity contribution in [3.8, 4) is 0 Å². The van der Waals surface area contributed by atoms with Gasteiger partial charge in [-0.05, 0) is 27.7 Å². The normalized spacial score (nSPS) is 15.5. The van der Waals surface area contributed by atoms with Crippen LogP contribution in [0.2, 0.25) is 0 Å². The molecule has 0 unspecified atom stereocenters. The minimum atomic E-state index is 0.373. The van der Waals surface area contributed by atoms with Gasteiger partial charge in [0.1, 0.15) is 0 Å². The first-order valence-corrected chi connectivity index (χ1v) is 4.89. The van der Waals surface area contributed by atoms with Crippen LogP contribution in [-0.2, 0) is 0 Å². The molecule has 0 fully saturated rings. The van der Waals surface area contributed by atoms with Gasteiger partial charge in [-0.2, -0.15) is 0 Å². The number of hydrogen-bond acceptors (Lipinski definition) is 6. The highest BCUT2D eigenvalue weighted by molar-refractivity contribution is 6.41. The van der Waals surface area contributed by atoms with Crippen LogP contribution in [0.3, 0.4) is 0 Å². The lowest BCUT2D eigenvalue weighted by atomic mass is 10.3. The van der Waals surface area contributed by atoms with Gasteiger partial charge in [-0.3, -0.25) is 9.98 Å². The predicted octanol–water partition coefficient (Wildman–Crippen LogP) is 1.83. The third-order valence-corrected chi connectivity index (χ3v) is 2.12. The van der Waals surface area contributed by atoms with Gasteiger partial charge in [0.25, 0.3) is 0 Å². The zero-order chi connectivity index (χ0) is 12.6. The number of hydrogen-bond donors (Lipinski definition) is 0. The van der Waals surface area contributed by atoms with E-state index in [4.69, 9.17) is 0 Å². The zero-order valence-electron chi connectivity index (χ0n) is 10.0. The van der Waals surface area contributed by atoms with Crippen molar-refractivity contribution in [3.63, 3.8) is 0 Å². The summed E-state index contributed by atoms with van der Waals surface area (Å²) >= 11 is 0. The zero-order valence-corrected chi connectivity index (χ0v) is 10.0. The highest BCUT2D eigenvalue weighted by atomic mass is 16.4. The smallest absolute Gasteiger partial charge is 0.0589 e. The van der Waals surface area contributed by atoms with Crippen LogP contribution in [0.1, 0.15) is 27.7 Å². The SMILES string of the molecule is CC(=NCCN=C(C)/C(C)=N/[O-])/C(C)=N\[O-]. The maximum atomic E-state index is 10.2. The van der Waals surface area contributed by atoms with E-state index < -0.39 is 0 Å². The second-order valence-electron chi connectivity index (χ2n) is 3.29. The van der Waals surface area contributed by atoms with Gasteiger partial charge in [-0.25, -0.2) is 0 Å². The molecule has 0 radical (unpaired) electrons. The molecule has 90 valence electrons. The molecule has 0 rings (SSSR count). The van der Waals surface area contributed by atoms with Crippen LogP contribution in [0, 0.1) is 10.4 Å². The van der Waals surface area contributed by atoms with Crippen LogP contribution in [0.4, 0.5) is 0 Å². The molecule has 6 nitrogen and oxygen atoms in total. The van der Waals surface area contributed by atoms with Gasteiger partial charge < -0.3 is 20.7 Å². The maximum Gasteiger partial charge on any atom is 0.0589 e. The van der Waals surface area contributed by atoms with E-state index in [1.807, 2.05) is 0 Å². The lowest BCUT2D eigenvalue weighted by Crippen LogP contribution is -2.09. The van der Waals surface area contributed by atoms with E-state index in [1.54, 1.807) is 27.7 Å². The molecule has 0 aliphatic heterocycles. The molecule has 0 saturated heterocycles. The molecule has 0 aromatic carbocycles. The minimum absolute atomic E-state index is 0.373. The second-order valence-corrected chi connectivity index (χ2v) is 3.29. The Morgan fingerprint density at radius 3 is 1.25 bits per heavy atom. The number of rotatable bonds is 5. The Labute approximate surface area is 95.1 Å². The fourth-order valence-corrected chi connectivity index (χ4v) is 0.796. The van der Waals surface area contributed by atoms with E-state index in [9.17, 15) is 10.4 Å².